The molecule has 1 heterocycles. The van der Waals surface area contributed by atoms with Crippen molar-refractivity contribution in [2.45, 2.75) is 71.8 Å². The maximum atomic E-state index is 4.56. The summed E-state index contributed by atoms with van der Waals surface area (Å²) in [5.41, 5.74) is 7.07. The largest absolute Gasteiger partial charge is 0.372 e. The van der Waals surface area contributed by atoms with Crippen LogP contribution in [0, 0.1) is 25.7 Å². The highest BCUT2D eigenvalue weighted by Crippen LogP contribution is 2.37. The van der Waals surface area contributed by atoms with Gasteiger partial charge >= 0.3 is 0 Å². The zero-order valence-corrected chi connectivity index (χ0v) is 16.5. The number of hydrogen-bond donors (Lipinski definition) is 0. The van der Waals surface area contributed by atoms with Crippen molar-refractivity contribution in [3.63, 3.8) is 0 Å². The predicted molar refractivity (Wildman–Crippen MR) is 109 cm³/mol. The van der Waals surface area contributed by atoms with Gasteiger partial charge in [0.25, 0.3) is 0 Å². The Morgan fingerprint density at radius 1 is 1.08 bits per heavy atom. The number of allylic oxidation sites excluding steroid dienone is 2. The molecule has 0 aromatic heterocycles. The van der Waals surface area contributed by atoms with Gasteiger partial charge in [0.2, 0.25) is 0 Å². The van der Waals surface area contributed by atoms with E-state index in [9.17, 15) is 0 Å². The Labute approximate surface area is 154 Å². The molecule has 0 radical (unpaired) electrons. The minimum Gasteiger partial charge on any atom is -0.372 e. The Morgan fingerprint density at radius 3 is 2.48 bits per heavy atom. The van der Waals surface area contributed by atoms with E-state index in [2.05, 4.69) is 57.0 Å². The van der Waals surface area contributed by atoms with E-state index in [4.69, 9.17) is 0 Å². The Morgan fingerprint density at radius 2 is 1.80 bits per heavy atom. The van der Waals surface area contributed by atoms with E-state index in [-0.39, 0.29) is 0 Å². The highest BCUT2D eigenvalue weighted by Gasteiger charge is 2.31. The molecule has 1 aliphatic heterocycles. The Kier molecular flexibility index (Phi) is 5.71. The van der Waals surface area contributed by atoms with E-state index in [0.717, 1.165) is 12.3 Å². The summed E-state index contributed by atoms with van der Waals surface area (Å²) in [6.45, 7) is 16.8. The first-order valence-corrected chi connectivity index (χ1v) is 10.1. The molecule has 0 amide bonds. The first-order valence-electron chi connectivity index (χ1n) is 10.1. The number of nitrogens with zero attached hydrogens (tertiary/aromatic N) is 1. The van der Waals surface area contributed by atoms with Crippen LogP contribution in [0.25, 0.3) is 0 Å². The second-order valence-corrected chi connectivity index (χ2v) is 8.57. The summed E-state index contributed by atoms with van der Waals surface area (Å²) in [4.78, 5) is 2.64. The van der Waals surface area contributed by atoms with Gasteiger partial charge in [0.15, 0.2) is 0 Å². The molecular formula is C24H35N. The lowest BCUT2D eigenvalue weighted by molar-refractivity contribution is 0.136. The topological polar surface area (TPSA) is 3.24 Å². The molecule has 25 heavy (non-hydrogen) atoms. The highest BCUT2D eigenvalue weighted by atomic mass is 15.2. The lowest BCUT2D eigenvalue weighted by atomic mass is 9.79. The molecule has 2 fully saturated rings. The summed E-state index contributed by atoms with van der Waals surface area (Å²) >= 11 is 0. The van der Waals surface area contributed by atoms with Gasteiger partial charge in [-0.15, -0.1) is 0 Å². The number of hydrogen-bond acceptors (Lipinski definition) is 1. The second kappa shape index (κ2) is 7.81. The minimum absolute atomic E-state index is 0.601. The van der Waals surface area contributed by atoms with E-state index >= 15 is 0 Å². The molecule has 1 nitrogen and oxygen atoms in total. The van der Waals surface area contributed by atoms with Crippen LogP contribution in [-0.4, -0.2) is 17.5 Å². The summed E-state index contributed by atoms with van der Waals surface area (Å²) in [5, 5.41) is 0. The van der Waals surface area contributed by atoms with E-state index in [1.54, 1.807) is 0 Å². The van der Waals surface area contributed by atoms with Gasteiger partial charge in [-0.1, -0.05) is 48.1 Å². The third-order valence-corrected chi connectivity index (χ3v) is 6.39. The third-order valence-electron chi connectivity index (χ3n) is 6.39. The molecule has 1 aromatic carbocycles. The normalized spacial score (nSPS) is 26.0. The van der Waals surface area contributed by atoms with Crippen LogP contribution in [0.15, 0.2) is 42.6 Å². The molecule has 0 N–H and O–H groups in total. The average Bonchev–Trinajstić information content (AvgIpc) is 2.55. The van der Waals surface area contributed by atoms with Crippen molar-refractivity contribution in [1.82, 2.24) is 4.90 Å². The maximum absolute atomic E-state index is 4.56. The summed E-state index contributed by atoms with van der Waals surface area (Å²) in [5.74, 6) is 1.36. The molecule has 3 unspecified atom stereocenters. The minimum atomic E-state index is 0.601. The van der Waals surface area contributed by atoms with Gasteiger partial charge in [-0.2, -0.15) is 0 Å². The molecule has 0 spiro atoms. The fourth-order valence-corrected chi connectivity index (χ4v) is 5.06. The van der Waals surface area contributed by atoms with E-state index < -0.39 is 0 Å². The van der Waals surface area contributed by atoms with Gasteiger partial charge in [-0.3, -0.25) is 0 Å². The van der Waals surface area contributed by atoms with Crippen molar-refractivity contribution >= 4 is 0 Å². The summed E-state index contributed by atoms with van der Waals surface area (Å²) in [6.07, 6.45) is 8.85. The molecule has 3 atom stereocenters. The van der Waals surface area contributed by atoms with Gasteiger partial charge in [0.05, 0.1) is 0 Å². The van der Waals surface area contributed by atoms with Crippen molar-refractivity contribution < 1.29 is 0 Å². The number of aryl methyl sites for hydroxylation is 2. The van der Waals surface area contributed by atoms with Crippen LogP contribution in [0.4, 0.5) is 0 Å². The summed E-state index contributed by atoms with van der Waals surface area (Å²) in [6, 6.07) is 7.58. The molecule has 3 rings (SSSR count). The number of piperidine rings is 1. The molecule has 0 bridgehead atoms. The molecule has 1 saturated carbocycles. The smallest absolute Gasteiger partial charge is 0.0289 e. The average molecular weight is 338 g/mol. The quantitative estimate of drug-likeness (QED) is 0.591. The molecule has 2 aliphatic rings. The van der Waals surface area contributed by atoms with Crippen LogP contribution in [0.2, 0.25) is 0 Å². The first kappa shape index (κ1) is 18.3. The van der Waals surface area contributed by atoms with Crippen LogP contribution in [0.1, 0.15) is 62.1 Å². The molecule has 1 aromatic rings. The van der Waals surface area contributed by atoms with E-state index in [0.29, 0.717) is 12.0 Å². The zero-order valence-electron chi connectivity index (χ0n) is 16.5. The highest BCUT2D eigenvalue weighted by molar-refractivity contribution is 5.29. The van der Waals surface area contributed by atoms with Crippen molar-refractivity contribution in [3.8, 4) is 0 Å². The third kappa shape index (κ3) is 4.37. The summed E-state index contributed by atoms with van der Waals surface area (Å²) in [7, 11) is 0. The number of benzene rings is 1. The molecule has 1 aliphatic carbocycles. The first-order chi connectivity index (χ1) is 11.9. The Balaban J connectivity index is 1.68. The van der Waals surface area contributed by atoms with Gasteiger partial charge in [-0.05, 0) is 77.2 Å². The SMILES string of the molecule is C=C1CCCC(C(C)N2CCCC(Cc3cc(C)cc(C)c3)C2=C)C1. The lowest BCUT2D eigenvalue weighted by Crippen LogP contribution is -2.43. The fraction of sp³-hybridized carbons (Fsp3) is 0.583. The fourth-order valence-electron chi connectivity index (χ4n) is 5.06. The van der Waals surface area contributed by atoms with Crippen LogP contribution in [0.5, 0.6) is 0 Å². The van der Waals surface area contributed by atoms with Gasteiger partial charge in [0, 0.05) is 24.2 Å². The Bertz CT molecular complexity index is 621. The number of rotatable bonds is 4. The number of likely N-dealkylation sites (tertiary alicyclic amines) is 1. The zero-order chi connectivity index (χ0) is 18.0. The van der Waals surface area contributed by atoms with Gasteiger partial charge < -0.3 is 4.90 Å². The second-order valence-electron chi connectivity index (χ2n) is 8.57. The monoisotopic (exact) mass is 337 g/mol. The van der Waals surface area contributed by atoms with Crippen molar-refractivity contribution in [3.05, 3.63) is 59.3 Å². The van der Waals surface area contributed by atoms with Crippen LogP contribution in [0.3, 0.4) is 0 Å². The van der Waals surface area contributed by atoms with Gasteiger partial charge in [-0.25, -0.2) is 0 Å². The molecule has 1 saturated heterocycles. The van der Waals surface area contributed by atoms with Crippen molar-refractivity contribution in [1.29, 1.82) is 0 Å². The van der Waals surface area contributed by atoms with Crippen LogP contribution in [-0.2, 0) is 6.42 Å². The molecular weight excluding hydrogens is 302 g/mol. The standard InChI is InChI=1S/C24H35N/c1-17-8-6-9-23(15-17)20(4)25-11-7-10-24(21(25)5)16-22-13-18(2)12-19(3)14-22/h12-14,20,23-24H,1,5-11,15-16H2,2-4H3. The molecule has 1 heteroatoms. The predicted octanol–water partition coefficient (Wildman–Crippen LogP) is 6.21. The lowest BCUT2D eigenvalue weighted by Gasteiger charge is -2.44. The van der Waals surface area contributed by atoms with E-state index in [1.807, 2.05) is 0 Å². The van der Waals surface area contributed by atoms with Crippen molar-refractivity contribution in [2.75, 3.05) is 6.54 Å². The van der Waals surface area contributed by atoms with Crippen LogP contribution >= 0.6 is 0 Å². The summed E-state index contributed by atoms with van der Waals surface area (Å²) < 4.78 is 0. The molecule has 136 valence electrons. The van der Waals surface area contributed by atoms with E-state index in [1.165, 1.54) is 73.0 Å². The van der Waals surface area contributed by atoms with Crippen LogP contribution < -0.4 is 0 Å². The van der Waals surface area contributed by atoms with Crippen molar-refractivity contribution in [2.24, 2.45) is 11.8 Å². The Hall–Kier alpha value is -1.50. The van der Waals surface area contributed by atoms with Gasteiger partial charge in [0.1, 0.15) is 0 Å². The maximum Gasteiger partial charge on any atom is 0.0289 e.